The van der Waals surface area contributed by atoms with E-state index in [9.17, 15) is 0 Å². The Morgan fingerprint density at radius 3 is 1.80 bits per heavy atom. The number of rotatable bonds is 10. The van der Waals surface area contributed by atoms with E-state index in [-0.39, 0.29) is 10.8 Å². The number of fused-ring (bicyclic) bond motifs is 4. The van der Waals surface area contributed by atoms with Gasteiger partial charge < -0.3 is 4.74 Å². The van der Waals surface area contributed by atoms with Gasteiger partial charge in [-0.1, -0.05) is 201 Å². The SMILES string of the molecule is CC(C)Cc1cc(-n2c3ccccc3c3ccc(Oc4cccc(-n5[c-][n+](-c6c(-c7ccccc7)cccc6-c6cc(C(C)(C)C)cc(C(C)(C)C)c6)c6ccccc65)c4)cc32)ncc1-c1ccccc1. The third kappa shape index (κ3) is 8.71. The lowest BCUT2D eigenvalue weighted by Crippen LogP contribution is -2.31. The van der Waals surface area contributed by atoms with Gasteiger partial charge in [0, 0.05) is 28.6 Å². The molecule has 0 saturated carbocycles. The molecule has 0 amide bonds. The van der Waals surface area contributed by atoms with E-state index in [0.29, 0.717) is 5.92 Å². The van der Waals surface area contributed by atoms with Crippen LogP contribution in [0.5, 0.6) is 11.5 Å². The Morgan fingerprint density at radius 1 is 0.521 bits per heavy atom. The van der Waals surface area contributed by atoms with E-state index < -0.39 is 0 Å². The molecule has 0 spiro atoms. The van der Waals surface area contributed by atoms with Gasteiger partial charge >= 0.3 is 0 Å². The average molecular weight is 925 g/mol. The van der Waals surface area contributed by atoms with Gasteiger partial charge in [-0.05, 0) is 110 Å². The summed E-state index contributed by atoms with van der Waals surface area (Å²) in [6.07, 6.45) is 6.88. The fraction of sp³-hybridized carbons (Fsp3) is 0.182. The highest BCUT2D eigenvalue weighted by molar-refractivity contribution is 6.09. The zero-order valence-corrected chi connectivity index (χ0v) is 42.0. The molecule has 0 aliphatic rings. The second-order valence-electron chi connectivity index (χ2n) is 21.4. The van der Waals surface area contributed by atoms with Gasteiger partial charge in [-0.3, -0.25) is 13.7 Å². The largest absolute Gasteiger partial charge is 0.458 e. The predicted octanol–water partition coefficient (Wildman–Crippen LogP) is 16.8. The number of ether oxygens (including phenoxy) is 1. The monoisotopic (exact) mass is 924 g/mol. The molecule has 11 rings (SSSR count). The van der Waals surface area contributed by atoms with Crippen molar-refractivity contribution >= 4 is 32.8 Å². The standard InChI is InChI=1S/C66H60N4O/c1-44(2)35-47-38-63(67-42-58(47)46-23-13-10-14-24-46)70-59-30-16-15-27-56(59)57-34-33-53(41-62(57)70)71-52-26-19-25-51(40-52)68-43-69(61-32-18-17-31-60(61)68)64-54(45-21-11-9-12-22-45)28-20-29-55(64)48-36-49(65(3,4)5)39-50(37-48)66(6,7)8/h9-34,36-42,44H,35H2,1-8H3. The molecule has 3 aromatic heterocycles. The number of hydrogen-bond donors (Lipinski definition) is 0. The van der Waals surface area contributed by atoms with E-state index in [1.165, 1.54) is 38.8 Å². The Kier molecular flexibility index (Phi) is 11.6. The zero-order chi connectivity index (χ0) is 49.0. The number of para-hydroxylation sites is 4. The molecule has 71 heavy (non-hydrogen) atoms. The molecule has 8 aromatic carbocycles. The van der Waals surface area contributed by atoms with Gasteiger partial charge in [-0.25, -0.2) is 4.98 Å². The van der Waals surface area contributed by atoms with E-state index >= 15 is 0 Å². The number of hydrogen-bond acceptors (Lipinski definition) is 2. The summed E-state index contributed by atoms with van der Waals surface area (Å²) in [7, 11) is 0. The van der Waals surface area contributed by atoms with Crippen LogP contribution in [-0.2, 0) is 17.3 Å². The van der Waals surface area contributed by atoms with Crippen molar-refractivity contribution in [1.29, 1.82) is 0 Å². The van der Waals surface area contributed by atoms with Gasteiger partial charge in [-0.15, -0.1) is 0 Å². The van der Waals surface area contributed by atoms with E-state index in [2.05, 4.69) is 270 Å². The first-order valence-electron chi connectivity index (χ1n) is 24.9. The Bertz CT molecular complexity index is 3720. The van der Waals surface area contributed by atoms with Crippen molar-refractivity contribution in [3.63, 3.8) is 0 Å². The van der Waals surface area contributed by atoms with Crippen LogP contribution in [0.15, 0.2) is 200 Å². The molecule has 0 bridgehead atoms. The van der Waals surface area contributed by atoms with Crippen LogP contribution in [0.25, 0.3) is 83.4 Å². The first-order chi connectivity index (χ1) is 34.3. The Labute approximate surface area is 418 Å². The first kappa shape index (κ1) is 45.4. The molecule has 0 unspecified atom stereocenters. The minimum absolute atomic E-state index is 0.0384. The molecule has 0 N–H and O–H groups in total. The third-order valence-electron chi connectivity index (χ3n) is 13.8. The molecule has 5 nitrogen and oxygen atoms in total. The van der Waals surface area contributed by atoms with Crippen molar-refractivity contribution in [1.82, 2.24) is 14.1 Å². The Morgan fingerprint density at radius 2 is 1.11 bits per heavy atom. The second-order valence-corrected chi connectivity index (χ2v) is 21.4. The summed E-state index contributed by atoms with van der Waals surface area (Å²) in [5.74, 6) is 2.84. The van der Waals surface area contributed by atoms with Crippen molar-refractivity contribution in [2.75, 3.05) is 0 Å². The van der Waals surface area contributed by atoms with Gasteiger partial charge in [0.1, 0.15) is 17.3 Å². The average Bonchev–Trinajstić information content (AvgIpc) is 3.92. The topological polar surface area (TPSA) is 35.9 Å². The van der Waals surface area contributed by atoms with Crippen LogP contribution in [0.1, 0.15) is 72.1 Å². The van der Waals surface area contributed by atoms with Crippen LogP contribution in [0.3, 0.4) is 0 Å². The molecule has 0 fully saturated rings. The number of benzene rings is 8. The summed E-state index contributed by atoms with van der Waals surface area (Å²) in [5, 5.41) is 2.32. The van der Waals surface area contributed by atoms with Crippen LogP contribution >= 0.6 is 0 Å². The van der Waals surface area contributed by atoms with Crippen LogP contribution in [0.4, 0.5) is 0 Å². The van der Waals surface area contributed by atoms with Crippen LogP contribution in [0, 0.1) is 12.2 Å². The molecular weight excluding hydrogens is 865 g/mol. The third-order valence-corrected chi connectivity index (χ3v) is 13.8. The highest BCUT2D eigenvalue weighted by atomic mass is 16.5. The molecule has 0 atom stereocenters. The molecule has 0 aliphatic heterocycles. The van der Waals surface area contributed by atoms with E-state index in [4.69, 9.17) is 9.72 Å². The maximum Gasteiger partial charge on any atom is 0.269 e. The molecule has 5 heteroatoms. The normalized spacial score (nSPS) is 12.1. The first-order valence-corrected chi connectivity index (χ1v) is 24.9. The summed E-state index contributed by atoms with van der Waals surface area (Å²) < 4.78 is 13.6. The predicted molar refractivity (Wildman–Crippen MR) is 295 cm³/mol. The minimum atomic E-state index is -0.0384. The van der Waals surface area contributed by atoms with Gasteiger partial charge in [0.2, 0.25) is 0 Å². The quantitative estimate of drug-likeness (QED) is 0.101. The van der Waals surface area contributed by atoms with Gasteiger partial charge in [0.05, 0.1) is 33.4 Å². The molecule has 3 heterocycles. The van der Waals surface area contributed by atoms with Crippen LogP contribution in [0.2, 0.25) is 0 Å². The number of imidazole rings is 1. The van der Waals surface area contributed by atoms with E-state index in [1.54, 1.807) is 0 Å². The fourth-order valence-corrected chi connectivity index (χ4v) is 10.1. The lowest BCUT2D eigenvalue weighted by molar-refractivity contribution is -0.571. The van der Waals surface area contributed by atoms with Crippen molar-refractivity contribution < 1.29 is 9.30 Å². The summed E-state index contributed by atoms with van der Waals surface area (Å²) in [6, 6.07) is 69.5. The summed E-state index contributed by atoms with van der Waals surface area (Å²) in [6.45, 7) is 18.4. The van der Waals surface area contributed by atoms with Crippen molar-refractivity contribution in [2.24, 2.45) is 5.92 Å². The number of nitrogens with zero attached hydrogens (tertiary/aromatic N) is 4. The van der Waals surface area contributed by atoms with Crippen molar-refractivity contribution in [3.8, 4) is 62.1 Å². The minimum Gasteiger partial charge on any atom is -0.458 e. The molecule has 350 valence electrons. The van der Waals surface area contributed by atoms with Gasteiger partial charge in [0.25, 0.3) is 6.33 Å². The summed E-state index contributed by atoms with van der Waals surface area (Å²) in [4.78, 5) is 5.16. The Balaban J connectivity index is 1.02. The van der Waals surface area contributed by atoms with Crippen LogP contribution in [-0.4, -0.2) is 14.1 Å². The van der Waals surface area contributed by atoms with Crippen molar-refractivity contribution in [2.45, 2.75) is 72.6 Å². The fourth-order valence-electron chi connectivity index (χ4n) is 10.1. The molecule has 0 radical (unpaired) electrons. The second kappa shape index (κ2) is 18.1. The zero-order valence-electron chi connectivity index (χ0n) is 42.0. The van der Waals surface area contributed by atoms with Gasteiger partial charge in [0.15, 0.2) is 0 Å². The van der Waals surface area contributed by atoms with Gasteiger partial charge in [-0.2, -0.15) is 0 Å². The highest BCUT2D eigenvalue weighted by Crippen LogP contribution is 2.40. The highest BCUT2D eigenvalue weighted by Gasteiger charge is 2.25. The Hall–Kier alpha value is -8.02. The smallest absolute Gasteiger partial charge is 0.269 e. The number of aromatic nitrogens is 4. The van der Waals surface area contributed by atoms with Crippen molar-refractivity contribution in [3.05, 3.63) is 223 Å². The van der Waals surface area contributed by atoms with Crippen LogP contribution < -0.4 is 9.30 Å². The van der Waals surface area contributed by atoms with E-state index in [0.717, 1.165) is 79.3 Å². The lowest BCUT2D eigenvalue weighted by Gasteiger charge is -2.27. The molecule has 11 aromatic rings. The number of pyridine rings is 1. The maximum atomic E-state index is 6.86. The molecule has 0 saturated heterocycles. The molecular formula is C66H60N4O. The molecule has 0 aliphatic carbocycles. The van der Waals surface area contributed by atoms with E-state index in [1.807, 2.05) is 6.07 Å². The lowest BCUT2D eigenvalue weighted by atomic mass is 9.78. The summed E-state index contributed by atoms with van der Waals surface area (Å²) >= 11 is 0. The maximum absolute atomic E-state index is 6.86. The summed E-state index contributed by atoms with van der Waals surface area (Å²) in [5.41, 5.74) is 17.1.